The Morgan fingerprint density at radius 1 is 1.00 bits per heavy atom. The van der Waals surface area contributed by atoms with E-state index in [4.69, 9.17) is 21.1 Å². The summed E-state index contributed by atoms with van der Waals surface area (Å²) in [5.41, 5.74) is 4.82. The van der Waals surface area contributed by atoms with Gasteiger partial charge in [0, 0.05) is 11.1 Å². The van der Waals surface area contributed by atoms with Crippen molar-refractivity contribution in [3.8, 4) is 22.6 Å². The van der Waals surface area contributed by atoms with Crippen LogP contribution in [0.2, 0.25) is 5.02 Å². The molecule has 5 nitrogen and oxygen atoms in total. The minimum atomic E-state index is -0.338. The molecule has 3 aromatic rings. The van der Waals surface area contributed by atoms with Gasteiger partial charge in [-0.05, 0) is 59.1 Å². The number of carbonyl (C=O) groups is 2. The Morgan fingerprint density at radius 3 is 2.53 bits per heavy atom. The fourth-order valence-corrected chi connectivity index (χ4v) is 4.64. The lowest BCUT2D eigenvalue weighted by Gasteiger charge is -2.14. The second-order valence-corrected chi connectivity index (χ2v) is 8.96. The average Bonchev–Trinajstić information content (AvgIpc) is 3.33. The molecule has 2 aliphatic heterocycles. The van der Waals surface area contributed by atoms with E-state index in [0.29, 0.717) is 27.0 Å². The normalized spacial score (nSPS) is 16.3. The van der Waals surface area contributed by atoms with Crippen LogP contribution in [0.15, 0.2) is 65.6 Å². The number of aryl methyl sites for hydroxylation is 1. The molecule has 0 aromatic heterocycles. The molecule has 0 atom stereocenters. The first-order valence-corrected chi connectivity index (χ1v) is 11.2. The zero-order chi connectivity index (χ0) is 22.2. The highest BCUT2D eigenvalue weighted by Gasteiger charge is 2.35. The summed E-state index contributed by atoms with van der Waals surface area (Å²) < 4.78 is 10.7. The van der Waals surface area contributed by atoms with Crippen LogP contribution in [0, 0.1) is 6.92 Å². The van der Waals surface area contributed by atoms with Crippen molar-refractivity contribution in [3.05, 3.63) is 87.3 Å². The third-order valence-corrected chi connectivity index (χ3v) is 6.57. The maximum absolute atomic E-state index is 13.0. The van der Waals surface area contributed by atoms with Gasteiger partial charge in [0.15, 0.2) is 11.5 Å². The van der Waals surface area contributed by atoms with Gasteiger partial charge in [-0.1, -0.05) is 59.6 Å². The van der Waals surface area contributed by atoms with E-state index in [2.05, 4.69) is 24.3 Å². The van der Waals surface area contributed by atoms with Gasteiger partial charge < -0.3 is 9.47 Å². The van der Waals surface area contributed by atoms with Gasteiger partial charge >= 0.3 is 0 Å². The summed E-state index contributed by atoms with van der Waals surface area (Å²) in [6.07, 6.45) is 1.75. The smallest absolute Gasteiger partial charge is 0.293 e. The molecule has 2 amide bonds. The number of fused-ring (bicyclic) bond motifs is 1. The van der Waals surface area contributed by atoms with Crippen molar-refractivity contribution in [2.45, 2.75) is 13.5 Å². The summed E-state index contributed by atoms with van der Waals surface area (Å²) in [6.45, 7) is 2.25. The van der Waals surface area contributed by atoms with Gasteiger partial charge in [0.1, 0.15) is 0 Å². The first-order valence-electron chi connectivity index (χ1n) is 9.98. The van der Waals surface area contributed by atoms with Crippen molar-refractivity contribution >= 4 is 40.6 Å². The SMILES string of the molecule is Cc1ccc(-c2cccc(C=C3SC(=O)N(Cc4cc5c(cc4Cl)OCO5)C3=O)c2)cc1. The Bertz CT molecular complexity index is 1270. The number of benzene rings is 3. The summed E-state index contributed by atoms with van der Waals surface area (Å²) in [6, 6.07) is 19.5. The second kappa shape index (κ2) is 8.37. The highest BCUT2D eigenvalue weighted by molar-refractivity contribution is 8.18. The first-order chi connectivity index (χ1) is 15.5. The molecule has 0 aliphatic carbocycles. The van der Waals surface area contributed by atoms with Gasteiger partial charge in [0.25, 0.3) is 11.1 Å². The molecule has 2 heterocycles. The summed E-state index contributed by atoms with van der Waals surface area (Å²) in [5, 5.41) is 0.0905. The van der Waals surface area contributed by atoms with Crippen LogP contribution in [0.1, 0.15) is 16.7 Å². The number of amides is 2. The van der Waals surface area contributed by atoms with Crippen molar-refractivity contribution < 1.29 is 19.1 Å². The Kier molecular flexibility index (Phi) is 5.41. The maximum atomic E-state index is 13.0. The van der Waals surface area contributed by atoms with Gasteiger partial charge in [0.05, 0.1) is 11.4 Å². The van der Waals surface area contributed by atoms with Crippen LogP contribution in [0.25, 0.3) is 17.2 Å². The molecule has 5 rings (SSSR count). The zero-order valence-electron chi connectivity index (χ0n) is 17.1. The number of nitrogens with zero attached hydrogens (tertiary/aromatic N) is 1. The number of hydrogen-bond acceptors (Lipinski definition) is 5. The van der Waals surface area contributed by atoms with E-state index in [1.807, 2.05) is 31.2 Å². The summed E-state index contributed by atoms with van der Waals surface area (Å²) >= 11 is 7.26. The Morgan fingerprint density at radius 2 is 1.75 bits per heavy atom. The van der Waals surface area contributed by atoms with Crippen molar-refractivity contribution in [2.24, 2.45) is 0 Å². The molecular formula is C25H18ClNO4S. The van der Waals surface area contributed by atoms with Gasteiger partial charge in [-0.15, -0.1) is 0 Å². The van der Waals surface area contributed by atoms with Crippen molar-refractivity contribution in [1.82, 2.24) is 4.90 Å². The van der Waals surface area contributed by atoms with E-state index in [1.54, 1.807) is 18.2 Å². The van der Waals surface area contributed by atoms with Crippen LogP contribution in [0.3, 0.4) is 0 Å². The number of imide groups is 1. The van der Waals surface area contributed by atoms with Gasteiger partial charge in [-0.3, -0.25) is 14.5 Å². The van der Waals surface area contributed by atoms with Crippen LogP contribution >= 0.6 is 23.4 Å². The number of rotatable bonds is 4. The molecule has 7 heteroatoms. The summed E-state index contributed by atoms with van der Waals surface area (Å²) in [4.78, 5) is 27.1. The molecule has 0 radical (unpaired) electrons. The van der Waals surface area contributed by atoms with Crippen molar-refractivity contribution in [2.75, 3.05) is 6.79 Å². The third-order valence-electron chi connectivity index (χ3n) is 5.31. The first kappa shape index (κ1) is 20.7. The monoisotopic (exact) mass is 463 g/mol. The lowest BCUT2D eigenvalue weighted by molar-refractivity contribution is -0.123. The van der Waals surface area contributed by atoms with E-state index in [0.717, 1.165) is 28.5 Å². The third kappa shape index (κ3) is 3.99. The molecule has 0 saturated carbocycles. The molecule has 0 spiro atoms. The minimum Gasteiger partial charge on any atom is -0.454 e. The Hall–Kier alpha value is -3.22. The lowest BCUT2D eigenvalue weighted by Crippen LogP contribution is -2.27. The highest BCUT2D eigenvalue weighted by Crippen LogP contribution is 2.39. The Balaban J connectivity index is 1.38. The molecule has 1 fully saturated rings. The molecule has 0 unspecified atom stereocenters. The van der Waals surface area contributed by atoms with E-state index in [1.165, 1.54) is 10.5 Å². The average molecular weight is 464 g/mol. The molecule has 2 aliphatic rings. The number of thioether (sulfide) groups is 1. The summed E-state index contributed by atoms with van der Waals surface area (Å²) in [5.74, 6) is 0.774. The minimum absolute atomic E-state index is 0.0703. The largest absolute Gasteiger partial charge is 0.454 e. The zero-order valence-corrected chi connectivity index (χ0v) is 18.7. The van der Waals surface area contributed by atoms with E-state index < -0.39 is 0 Å². The van der Waals surface area contributed by atoms with E-state index >= 15 is 0 Å². The van der Waals surface area contributed by atoms with Crippen LogP contribution in [-0.4, -0.2) is 22.8 Å². The Labute approximate surface area is 194 Å². The molecule has 160 valence electrons. The van der Waals surface area contributed by atoms with Crippen molar-refractivity contribution in [1.29, 1.82) is 0 Å². The van der Waals surface area contributed by atoms with Crippen LogP contribution in [0.4, 0.5) is 4.79 Å². The maximum Gasteiger partial charge on any atom is 0.293 e. The van der Waals surface area contributed by atoms with Gasteiger partial charge in [-0.25, -0.2) is 0 Å². The number of halogens is 1. The summed E-state index contributed by atoms with van der Waals surface area (Å²) in [7, 11) is 0. The molecule has 0 N–H and O–H groups in total. The van der Waals surface area contributed by atoms with E-state index in [-0.39, 0.29) is 24.5 Å². The fraction of sp³-hybridized carbons (Fsp3) is 0.120. The van der Waals surface area contributed by atoms with Crippen LogP contribution in [-0.2, 0) is 11.3 Å². The fourth-order valence-electron chi connectivity index (χ4n) is 3.59. The highest BCUT2D eigenvalue weighted by atomic mass is 35.5. The second-order valence-electron chi connectivity index (χ2n) is 7.56. The predicted molar refractivity (Wildman–Crippen MR) is 126 cm³/mol. The standard InChI is InChI=1S/C25H18ClNO4S/c1-15-5-7-17(8-6-15)18-4-2-3-16(9-18)10-23-24(28)27(25(29)32-23)13-19-11-21-22(12-20(19)26)31-14-30-21/h2-12H,13-14H2,1H3. The number of carbonyl (C=O) groups excluding carboxylic acids is 2. The van der Waals surface area contributed by atoms with Crippen LogP contribution < -0.4 is 9.47 Å². The number of hydrogen-bond donors (Lipinski definition) is 0. The molecule has 0 bridgehead atoms. The van der Waals surface area contributed by atoms with Crippen LogP contribution in [0.5, 0.6) is 11.5 Å². The molecule has 1 saturated heterocycles. The predicted octanol–water partition coefficient (Wildman–Crippen LogP) is 6.28. The number of ether oxygens (including phenoxy) is 2. The van der Waals surface area contributed by atoms with E-state index in [9.17, 15) is 9.59 Å². The van der Waals surface area contributed by atoms with Gasteiger partial charge in [-0.2, -0.15) is 0 Å². The molecule has 3 aromatic carbocycles. The quantitative estimate of drug-likeness (QED) is 0.426. The molecule has 32 heavy (non-hydrogen) atoms. The van der Waals surface area contributed by atoms with Gasteiger partial charge in [0.2, 0.25) is 6.79 Å². The van der Waals surface area contributed by atoms with Crippen molar-refractivity contribution in [3.63, 3.8) is 0 Å². The molecular weight excluding hydrogens is 446 g/mol. The topological polar surface area (TPSA) is 55.8 Å². The lowest BCUT2D eigenvalue weighted by atomic mass is 10.0.